The number of hydrogen-bond donors (Lipinski definition) is 0. The summed E-state index contributed by atoms with van der Waals surface area (Å²) in [5, 5.41) is 2.19. The summed E-state index contributed by atoms with van der Waals surface area (Å²) in [4.78, 5) is 32.4. The normalized spacial score (nSPS) is 22.1. The van der Waals surface area contributed by atoms with Crippen molar-refractivity contribution in [3.8, 4) is 0 Å². The minimum atomic E-state index is 0.0864. The van der Waals surface area contributed by atoms with Crippen molar-refractivity contribution in [2.24, 2.45) is 0 Å². The number of carbonyl (C=O) groups excluding carboxylic acids is 2. The third-order valence-corrected chi connectivity index (χ3v) is 7.54. The molecule has 30 heavy (non-hydrogen) atoms. The Morgan fingerprint density at radius 3 is 2.63 bits per heavy atom. The standard InChI is InChI=1S/C24H31N3O2S/c1-17-6-4-5-7-20(17)24-21-10-15-30-22(21)8-11-25(24)12-9-23(29)26-13-14-27(19(3)28)18(2)16-26/h4-7,10,15,18,24H,8-9,11-14,16H2,1-3H3/t18-,24-/m0/s1. The molecule has 1 aromatic heterocycles. The summed E-state index contributed by atoms with van der Waals surface area (Å²) in [6, 6.07) is 11.2. The molecule has 0 N–H and O–H groups in total. The van der Waals surface area contributed by atoms with Gasteiger partial charge in [-0.1, -0.05) is 24.3 Å². The van der Waals surface area contributed by atoms with Crippen molar-refractivity contribution in [1.29, 1.82) is 0 Å². The lowest BCUT2D eigenvalue weighted by molar-refractivity contribution is -0.141. The zero-order valence-corrected chi connectivity index (χ0v) is 19.0. The number of hydrogen-bond acceptors (Lipinski definition) is 4. The van der Waals surface area contributed by atoms with Gasteiger partial charge in [0.05, 0.1) is 6.04 Å². The molecule has 160 valence electrons. The molecule has 2 atom stereocenters. The van der Waals surface area contributed by atoms with Crippen LogP contribution in [0.2, 0.25) is 0 Å². The van der Waals surface area contributed by atoms with Crippen molar-refractivity contribution in [3.05, 3.63) is 57.3 Å². The van der Waals surface area contributed by atoms with Gasteiger partial charge in [-0.15, -0.1) is 11.3 Å². The number of piperazine rings is 1. The van der Waals surface area contributed by atoms with E-state index in [2.05, 4.69) is 47.5 Å². The second kappa shape index (κ2) is 8.90. The molecule has 0 radical (unpaired) electrons. The lowest BCUT2D eigenvalue weighted by Gasteiger charge is -2.40. The number of fused-ring (bicyclic) bond motifs is 1. The summed E-state index contributed by atoms with van der Waals surface area (Å²) in [6.07, 6.45) is 1.58. The second-order valence-corrected chi connectivity index (χ2v) is 9.50. The third-order valence-electron chi connectivity index (χ3n) is 6.55. The molecule has 4 rings (SSSR count). The van der Waals surface area contributed by atoms with Crippen LogP contribution in [0.5, 0.6) is 0 Å². The highest BCUT2D eigenvalue weighted by atomic mass is 32.1. The Bertz CT molecular complexity index is 925. The zero-order valence-electron chi connectivity index (χ0n) is 18.1. The van der Waals surface area contributed by atoms with Crippen LogP contribution in [0.1, 0.15) is 47.9 Å². The van der Waals surface area contributed by atoms with Gasteiger partial charge in [-0.2, -0.15) is 0 Å². The maximum atomic E-state index is 13.0. The van der Waals surface area contributed by atoms with Crippen LogP contribution >= 0.6 is 11.3 Å². The Morgan fingerprint density at radius 1 is 1.10 bits per heavy atom. The molecule has 5 nitrogen and oxygen atoms in total. The van der Waals surface area contributed by atoms with Gasteiger partial charge in [0.1, 0.15) is 0 Å². The van der Waals surface area contributed by atoms with E-state index in [0.717, 1.165) is 19.5 Å². The molecule has 0 spiro atoms. The van der Waals surface area contributed by atoms with Crippen LogP contribution in [0.25, 0.3) is 0 Å². The van der Waals surface area contributed by atoms with E-state index in [1.807, 2.05) is 28.1 Å². The van der Waals surface area contributed by atoms with Crippen LogP contribution in [0.3, 0.4) is 0 Å². The van der Waals surface area contributed by atoms with Gasteiger partial charge in [0.15, 0.2) is 0 Å². The second-order valence-electron chi connectivity index (χ2n) is 8.50. The molecule has 2 aromatic rings. The Labute approximate surface area is 183 Å². The van der Waals surface area contributed by atoms with E-state index in [-0.39, 0.29) is 23.9 Å². The molecule has 1 fully saturated rings. The van der Waals surface area contributed by atoms with Crippen LogP contribution in [0.15, 0.2) is 35.7 Å². The van der Waals surface area contributed by atoms with Crippen LogP contribution in [-0.2, 0) is 16.0 Å². The van der Waals surface area contributed by atoms with Gasteiger partial charge in [0.25, 0.3) is 0 Å². The third kappa shape index (κ3) is 4.16. The Kier molecular flexibility index (Phi) is 6.25. The highest BCUT2D eigenvalue weighted by molar-refractivity contribution is 7.10. The first-order chi connectivity index (χ1) is 14.5. The molecular weight excluding hydrogens is 394 g/mol. The summed E-state index contributed by atoms with van der Waals surface area (Å²) in [6.45, 7) is 9.45. The number of carbonyl (C=O) groups is 2. The number of rotatable bonds is 4. The van der Waals surface area contributed by atoms with Crippen molar-refractivity contribution in [2.45, 2.75) is 45.7 Å². The first kappa shape index (κ1) is 21.1. The Hall–Kier alpha value is -2.18. The summed E-state index contributed by atoms with van der Waals surface area (Å²) in [7, 11) is 0. The molecule has 0 bridgehead atoms. The van der Waals surface area contributed by atoms with Gasteiger partial charge < -0.3 is 9.80 Å². The molecule has 1 saturated heterocycles. The monoisotopic (exact) mass is 425 g/mol. The number of nitrogens with zero attached hydrogens (tertiary/aromatic N) is 3. The predicted molar refractivity (Wildman–Crippen MR) is 121 cm³/mol. The average Bonchev–Trinajstić information content (AvgIpc) is 3.20. The maximum Gasteiger partial charge on any atom is 0.223 e. The molecule has 0 unspecified atom stereocenters. The Balaban J connectivity index is 1.45. The predicted octanol–water partition coefficient (Wildman–Crippen LogP) is 3.47. The first-order valence-electron chi connectivity index (χ1n) is 10.9. The topological polar surface area (TPSA) is 43.9 Å². The van der Waals surface area contributed by atoms with Crippen LogP contribution < -0.4 is 0 Å². The molecule has 0 aliphatic carbocycles. The smallest absolute Gasteiger partial charge is 0.223 e. The van der Waals surface area contributed by atoms with E-state index in [1.165, 1.54) is 21.6 Å². The van der Waals surface area contributed by atoms with Crippen LogP contribution in [0, 0.1) is 6.92 Å². The quantitative estimate of drug-likeness (QED) is 0.753. The summed E-state index contributed by atoms with van der Waals surface area (Å²) < 4.78 is 0. The van der Waals surface area contributed by atoms with E-state index < -0.39 is 0 Å². The van der Waals surface area contributed by atoms with Gasteiger partial charge in [0, 0.05) is 57.0 Å². The van der Waals surface area contributed by atoms with Crippen molar-refractivity contribution in [1.82, 2.24) is 14.7 Å². The van der Waals surface area contributed by atoms with E-state index in [4.69, 9.17) is 0 Å². The van der Waals surface area contributed by atoms with Crippen LogP contribution in [-0.4, -0.2) is 65.3 Å². The molecule has 2 amide bonds. The van der Waals surface area contributed by atoms with Crippen molar-refractivity contribution < 1.29 is 9.59 Å². The molecule has 1 aromatic carbocycles. The minimum absolute atomic E-state index is 0.0864. The van der Waals surface area contributed by atoms with Gasteiger partial charge in [0.2, 0.25) is 11.8 Å². The van der Waals surface area contributed by atoms with E-state index >= 15 is 0 Å². The number of amides is 2. The van der Waals surface area contributed by atoms with Crippen molar-refractivity contribution >= 4 is 23.2 Å². The van der Waals surface area contributed by atoms with E-state index in [9.17, 15) is 9.59 Å². The average molecular weight is 426 g/mol. The fourth-order valence-corrected chi connectivity index (χ4v) is 5.82. The fourth-order valence-electron chi connectivity index (χ4n) is 4.92. The van der Waals surface area contributed by atoms with E-state index in [0.29, 0.717) is 26.1 Å². The number of thiophene rings is 1. The lowest BCUT2D eigenvalue weighted by atomic mass is 9.90. The van der Waals surface area contributed by atoms with Gasteiger partial charge >= 0.3 is 0 Å². The number of benzene rings is 1. The molecule has 6 heteroatoms. The van der Waals surface area contributed by atoms with E-state index in [1.54, 1.807) is 6.92 Å². The van der Waals surface area contributed by atoms with Crippen molar-refractivity contribution in [3.63, 3.8) is 0 Å². The molecule has 2 aliphatic rings. The summed E-state index contributed by atoms with van der Waals surface area (Å²) >= 11 is 1.85. The minimum Gasteiger partial charge on any atom is -0.339 e. The SMILES string of the molecule is CC(=O)N1CCN(C(=O)CCN2CCc3sccc3[C@@H]2c2ccccc2C)C[C@@H]1C. The summed E-state index contributed by atoms with van der Waals surface area (Å²) in [5.74, 6) is 0.292. The van der Waals surface area contributed by atoms with Gasteiger partial charge in [-0.25, -0.2) is 0 Å². The molecule has 2 aliphatic heterocycles. The summed E-state index contributed by atoms with van der Waals surface area (Å²) in [5.41, 5.74) is 4.04. The largest absolute Gasteiger partial charge is 0.339 e. The lowest BCUT2D eigenvalue weighted by Crippen LogP contribution is -2.55. The van der Waals surface area contributed by atoms with Crippen LogP contribution in [0.4, 0.5) is 0 Å². The van der Waals surface area contributed by atoms with Crippen molar-refractivity contribution in [2.75, 3.05) is 32.7 Å². The van der Waals surface area contributed by atoms with Gasteiger partial charge in [-0.05, 0) is 48.4 Å². The highest BCUT2D eigenvalue weighted by Crippen LogP contribution is 2.38. The molecular formula is C24H31N3O2S. The Morgan fingerprint density at radius 2 is 1.90 bits per heavy atom. The van der Waals surface area contributed by atoms with Gasteiger partial charge in [-0.3, -0.25) is 14.5 Å². The zero-order chi connectivity index (χ0) is 21.3. The highest BCUT2D eigenvalue weighted by Gasteiger charge is 2.32. The maximum absolute atomic E-state index is 13.0. The molecule has 3 heterocycles. The fraction of sp³-hybridized carbons (Fsp3) is 0.500. The number of aryl methyl sites for hydroxylation is 1. The molecule has 0 saturated carbocycles. The first-order valence-corrected chi connectivity index (χ1v) is 11.7.